The summed E-state index contributed by atoms with van der Waals surface area (Å²) in [6.07, 6.45) is 1.39. The van der Waals surface area contributed by atoms with Gasteiger partial charge in [-0.2, -0.15) is 0 Å². The Morgan fingerprint density at radius 1 is 1.43 bits per heavy atom. The maximum absolute atomic E-state index is 10.7. The lowest BCUT2D eigenvalue weighted by molar-refractivity contribution is -0.113. The summed E-state index contributed by atoms with van der Waals surface area (Å²) in [6, 6.07) is 9.54. The molecule has 0 saturated heterocycles. The Bertz CT molecular complexity index is 330. The molecule has 14 heavy (non-hydrogen) atoms. The summed E-state index contributed by atoms with van der Waals surface area (Å²) >= 11 is 0. The van der Waals surface area contributed by atoms with Crippen LogP contribution in [0.5, 0.6) is 0 Å². The molecule has 74 valence electrons. The predicted molar refractivity (Wildman–Crippen MR) is 55.5 cm³/mol. The second-order valence-corrected chi connectivity index (χ2v) is 2.87. The first-order valence-corrected chi connectivity index (χ1v) is 4.28. The molecule has 0 aliphatic heterocycles. The summed E-state index contributed by atoms with van der Waals surface area (Å²) in [5, 5.41) is 0. The van der Waals surface area contributed by atoms with E-state index in [9.17, 15) is 4.79 Å². The standard InChI is InChI=1S/C11H13NO2/c1-14-8-10(7-11(12)13)9-5-3-2-4-6-9/h2-7H,8H2,1H3,(H2,12,13). The molecule has 0 aliphatic carbocycles. The van der Waals surface area contributed by atoms with Gasteiger partial charge >= 0.3 is 0 Å². The highest BCUT2D eigenvalue weighted by Crippen LogP contribution is 2.13. The summed E-state index contributed by atoms with van der Waals surface area (Å²) in [4.78, 5) is 10.7. The second kappa shape index (κ2) is 5.19. The summed E-state index contributed by atoms with van der Waals surface area (Å²) < 4.78 is 4.98. The number of methoxy groups -OCH3 is 1. The number of carbonyl (C=O) groups excluding carboxylic acids is 1. The van der Waals surface area contributed by atoms with Crippen molar-refractivity contribution in [1.82, 2.24) is 0 Å². The van der Waals surface area contributed by atoms with Crippen LogP contribution in [0.4, 0.5) is 0 Å². The van der Waals surface area contributed by atoms with Crippen molar-refractivity contribution >= 4 is 11.5 Å². The van der Waals surface area contributed by atoms with Crippen molar-refractivity contribution in [3.8, 4) is 0 Å². The van der Waals surface area contributed by atoms with Crippen molar-refractivity contribution in [3.63, 3.8) is 0 Å². The molecule has 0 aliphatic rings. The van der Waals surface area contributed by atoms with Crippen LogP contribution >= 0.6 is 0 Å². The molecule has 0 radical (unpaired) electrons. The van der Waals surface area contributed by atoms with Crippen molar-refractivity contribution in [2.75, 3.05) is 13.7 Å². The van der Waals surface area contributed by atoms with Crippen molar-refractivity contribution in [2.45, 2.75) is 0 Å². The van der Waals surface area contributed by atoms with Crippen LogP contribution in [-0.4, -0.2) is 19.6 Å². The molecule has 1 rings (SSSR count). The van der Waals surface area contributed by atoms with Crippen LogP contribution < -0.4 is 5.73 Å². The average molecular weight is 191 g/mol. The van der Waals surface area contributed by atoms with E-state index in [-0.39, 0.29) is 0 Å². The topological polar surface area (TPSA) is 52.3 Å². The summed E-state index contributed by atoms with van der Waals surface area (Å²) in [5.74, 6) is -0.457. The number of primary amides is 1. The van der Waals surface area contributed by atoms with E-state index in [0.717, 1.165) is 11.1 Å². The molecule has 3 nitrogen and oxygen atoms in total. The van der Waals surface area contributed by atoms with E-state index in [1.807, 2.05) is 30.3 Å². The molecule has 0 saturated carbocycles. The van der Waals surface area contributed by atoms with E-state index in [1.165, 1.54) is 6.08 Å². The zero-order chi connectivity index (χ0) is 10.4. The van der Waals surface area contributed by atoms with Crippen LogP contribution in [0.15, 0.2) is 36.4 Å². The highest BCUT2D eigenvalue weighted by Gasteiger charge is 2.01. The lowest BCUT2D eigenvalue weighted by atomic mass is 10.1. The van der Waals surface area contributed by atoms with Gasteiger partial charge in [0.25, 0.3) is 0 Å². The normalized spacial score (nSPS) is 11.4. The lowest BCUT2D eigenvalue weighted by Crippen LogP contribution is -2.08. The Morgan fingerprint density at radius 2 is 2.07 bits per heavy atom. The van der Waals surface area contributed by atoms with E-state index < -0.39 is 5.91 Å². The van der Waals surface area contributed by atoms with Gasteiger partial charge in [-0.1, -0.05) is 30.3 Å². The zero-order valence-corrected chi connectivity index (χ0v) is 8.07. The van der Waals surface area contributed by atoms with Crippen molar-refractivity contribution in [3.05, 3.63) is 42.0 Å². The Balaban J connectivity index is 2.94. The number of rotatable bonds is 4. The van der Waals surface area contributed by atoms with Crippen molar-refractivity contribution < 1.29 is 9.53 Å². The highest BCUT2D eigenvalue weighted by atomic mass is 16.5. The van der Waals surface area contributed by atoms with Gasteiger partial charge < -0.3 is 10.5 Å². The molecule has 3 heteroatoms. The highest BCUT2D eigenvalue weighted by molar-refractivity contribution is 5.94. The fourth-order valence-corrected chi connectivity index (χ4v) is 1.19. The molecule has 0 heterocycles. The fraction of sp³-hybridized carbons (Fsp3) is 0.182. The van der Waals surface area contributed by atoms with Crippen LogP contribution in [0.25, 0.3) is 5.57 Å². The zero-order valence-electron chi connectivity index (χ0n) is 8.07. The minimum absolute atomic E-state index is 0.382. The van der Waals surface area contributed by atoms with Crippen LogP contribution in [0, 0.1) is 0 Å². The van der Waals surface area contributed by atoms with Gasteiger partial charge in [0.15, 0.2) is 0 Å². The molecule has 0 atom stereocenters. The molecule has 2 N–H and O–H groups in total. The van der Waals surface area contributed by atoms with Crippen LogP contribution in [0.1, 0.15) is 5.56 Å². The Hall–Kier alpha value is -1.61. The van der Waals surface area contributed by atoms with Crippen molar-refractivity contribution in [1.29, 1.82) is 0 Å². The second-order valence-electron chi connectivity index (χ2n) is 2.87. The molecular weight excluding hydrogens is 178 g/mol. The number of nitrogens with two attached hydrogens (primary N) is 1. The summed E-state index contributed by atoms with van der Waals surface area (Å²) in [7, 11) is 1.58. The third-order valence-corrected chi connectivity index (χ3v) is 1.76. The van der Waals surface area contributed by atoms with E-state index in [2.05, 4.69) is 0 Å². The van der Waals surface area contributed by atoms with E-state index >= 15 is 0 Å². The molecule has 0 aromatic heterocycles. The van der Waals surface area contributed by atoms with Gasteiger partial charge in [0.05, 0.1) is 6.61 Å². The Morgan fingerprint density at radius 3 is 2.57 bits per heavy atom. The van der Waals surface area contributed by atoms with Crippen LogP contribution in [-0.2, 0) is 9.53 Å². The number of hydrogen-bond donors (Lipinski definition) is 1. The number of carbonyl (C=O) groups is 1. The van der Waals surface area contributed by atoms with Gasteiger partial charge in [-0.05, 0) is 11.1 Å². The Labute approximate surface area is 83.2 Å². The number of amides is 1. The van der Waals surface area contributed by atoms with E-state index in [1.54, 1.807) is 7.11 Å². The van der Waals surface area contributed by atoms with Gasteiger partial charge in [-0.3, -0.25) is 4.79 Å². The van der Waals surface area contributed by atoms with E-state index in [4.69, 9.17) is 10.5 Å². The molecule has 1 aromatic rings. The Kier molecular flexibility index (Phi) is 3.88. The molecule has 0 unspecified atom stereocenters. The quantitative estimate of drug-likeness (QED) is 0.727. The van der Waals surface area contributed by atoms with Gasteiger partial charge in [-0.25, -0.2) is 0 Å². The maximum Gasteiger partial charge on any atom is 0.241 e. The predicted octanol–water partition coefficient (Wildman–Crippen LogP) is 1.20. The largest absolute Gasteiger partial charge is 0.380 e. The first-order valence-electron chi connectivity index (χ1n) is 4.28. The summed E-state index contributed by atoms with van der Waals surface area (Å²) in [5.41, 5.74) is 6.83. The van der Waals surface area contributed by atoms with Gasteiger partial charge in [-0.15, -0.1) is 0 Å². The first kappa shape index (κ1) is 10.5. The number of hydrogen-bond acceptors (Lipinski definition) is 2. The molecule has 0 spiro atoms. The molecule has 1 aromatic carbocycles. The first-order chi connectivity index (χ1) is 6.74. The molecule has 0 fully saturated rings. The van der Waals surface area contributed by atoms with Gasteiger partial charge in [0.1, 0.15) is 0 Å². The van der Waals surface area contributed by atoms with Gasteiger partial charge in [0.2, 0.25) is 5.91 Å². The van der Waals surface area contributed by atoms with Crippen molar-refractivity contribution in [2.24, 2.45) is 5.73 Å². The third kappa shape index (κ3) is 3.03. The minimum Gasteiger partial charge on any atom is -0.380 e. The van der Waals surface area contributed by atoms with E-state index in [0.29, 0.717) is 6.61 Å². The smallest absolute Gasteiger partial charge is 0.241 e. The SMILES string of the molecule is COCC(=CC(N)=O)c1ccccc1. The third-order valence-electron chi connectivity index (χ3n) is 1.76. The average Bonchev–Trinajstić information content (AvgIpc) is 2.18. The van der Waals surface area contributed by atoms with Gasteiger partial charge in [0, 0.05) is 13.2 Å². The number of benzene rings is 1. The monoisotopic (exact) mass is 191 g/mol. The minimum atomic E-state index is -0.457. The van der Waals surface area contributed by atoms with Crippen LogP contribution in [0.2, 0.25) is 0 Å². The molecule has 1 amide bonds. The molecule has 0 bridgehead atoms. The fourth-order valence-electron chi connectivity index (χ4n) is 1.19. The lowest BCUT2D eigenvalue weighted by Gasteiger charge is -2.05. The molecular formula is C11H13NO2. The number of ether oxygens (including phenoxy) is 1. The summed E-state index contributed by atoms with van der Waals surface area (Å²) in [6.45, 7) is 0.382. The maximum atomic E-state index is 10.7. The van der Waals surface area contributed by atoms with Crippen LogP contribution in [0.3, 0.4) is 0 Å².